The van der Waals surface area contributed by atoms with E-state index in [1.54, 1.807) is 29.3 Å². The van der Waals surface area contributed by atoms with Crippen molar-refractivity contribution in [1.29, 1.82) is 0 Å². The fourth-order valence-corrected chi connectivity index (χ4v) is 4.09. The van der Waals surface area contributed by atoms with Gasteiger partial charge in [0, 0.05) is 31.4 Å². The summed E-state index contributed by atoms with van der Waals surface area (Å²) >= 11 is 5.68. The second-order valence-electron chi connectivity index (χ2n) is 8.44. The molecule has 39 heavy (non-hydrogen) atoms. The molecule has 2 N–H and O–H groups in total. The first-order valence-electron chi connectivity index (χ1n) is 11.6. The summed E-state index contributed by atoms with van der Waals surface area (Å²) in [5.41, 5.74) is -0.298. The van der Waals surface area contributed by atoms with E-state index < -0.39 is 22.3 Å². The van der Waals surface area contributed by atoms with Crippen molar-refractivity contribution >= 4 is 17.6 Å². The number of aromatic nitrogens is 4. The highest BCUT2D eigenvalue weighted by Gasteiger charge is 2.35. The number of halogens is 3. The molecule has 3 heterocycles. The summed E-state index contributed by atoms with van der Waals surface area (Å²) in [6.45, 7) is 1.80. The molecular formula is C25H23ClF2N8O3. The van der Waals surface area contributed by atoms with Gasteiger partial charge in [-0.3, -0.25) is 0 Å². The standard InChI is InChI=1S/C16H13F2N3O.C9H10ClN5O2/c17-13-7-5-12(6-8-13)16(22,9-21-11-19-10-20-21)14-3-1-2-4-15(14)18;10-8-2-1-7(5-12-8)6-14-4-3-11-9(14)13-15(16)17/h1-8,10-11,22H,9H2;1-2,5H,3-4,6H2,(H,11,13). The molecule has 4 aromatic rings. The molecule has 14 heteroatoms. The molecule has 1 unspecified atom stereocenters. The lowest BCUT2D eigenvalue weighted by Gasteiger charge is -2.29. The number of rotatable bonds is 7. The van der Waals surface area contributed by atoms with E-state index in [0.29, 0.717) is 30.4 Å². The normalized spacial score (nSPS) is 15.3. The minimum atomic E-state index is -1.69. The quantitative estimate of drug-likeness (QED) is 0.201. The molecule has 0 saturated carbocycles. The fourth-order valence-electron chi connectivity index (χ4n) is 3.97. The molecule has 1 fully saturated rings. The van der Waals surface area contributed by atoms with Gasteiger partial charge in [-0.1, -0.05) is 48.0 Å². The van der Waals surface area contributed by atoms with Gasteiger partial charge in [-0.15, -0.1) is 0 Å². The van der Waals surface area contributed by atoms with Crippen LogP contribution in [-0.2, 0) is 18.7 Å². The molecule has 0 amide bonds. The van der Waals surface area contributed by atoms with Crippen LogP contribution in [0.25, 0.3) is 0 Å². The fraction of sp³-hybridized carbons (Fsp3) is 0.200. The highest BCUT2D eigenvalue weighted by molar-refractivity contribution is 6.29. The van der Waals surface area contributed by atoms with E-state index in [1.165, 1.54) is 53.7 Å². The zero-order valence-corrected chi connectivity index (χ0v) is 21.1. The maximum absolute atomic E-state index is 14.2. The Hall–Kier alpha value is -4.49. The lowest BCUT2D eigenvalue weighted by atomic mass is 9.86. The topological polar surface area (TPSA) is 135 Å². The summed E-state index contributed by atoms with van der Waals surface area (Å²) in [7, 11) is 0. The minimum absolute atomic E-state index is 0.0421. The van der Waals surface area contributed by atoms with Crippen LogP contribution in [0.1, 0.15) is 16.7 Å². The van der Waals surface area contributed by atoms with E-state index in [4.69, 9.17) is 11.6 Å². The third-order valence-corrected chi connectivity index (χ3v) is 6.03. The molecule has 0 bridgehead atoms. The number of guanidine groups is 1. The van der Waals surface area contributed by atoms with E-state index in [9.17, 15) is 24.0 Å². The lowest BCUT2D eigenvalue weighted by molar-refractivity contribution is -0.485. The SMILES string of the molecule is O=[N+]([O-])/N=C1\NCCN1Cc1ccc(Cl)nc1.OC(Cn1cncn1)(c1ccc(F)cc1)c1ccccc1F. The molecule has 2 aromatic heterocycles. The first-order chi connectivity index (χ1) is 18.7. The Labute approximate surface area is 226 Å². The average Bonchev–Trinajstić information content (AvgIpc) is 3.58. The van der Waals surface area contributed by atoms with Gasteiger partial charge in [0.2, 0.25) is 0 Å². The van der Waals surface area contributed by atoms with Gasteiger partial charge in [-0.2, -0.15) is 5.10 Å². The van der Waals surface area contributed by atoms with Gasteiger partial charge in [-0.25, -0.2) is 33.5 Å². The molecule has 0 radical (unpaired) electrons. The van der Waals surface area contributed by atoms with Crippen LogP contribution in [0.15, 0.2) is 84.6 Å². The smallest absolute Gasteiger partial charge is 0.271 e. The van der Waals surface area contributed by atoms with Gasteiger partial charge in [-0.05, 0) is 35.4 Å². The molecule has 1 atom stereocenters. The van der Waals surface area contributed by atoms with E-state index in [1.807, 2.05) is 6.07 Å². The summed E-state index contributed by atoms with van der Waals surface area (Å²) in [5, 5.41) is 31.3. The van der Waals surface area contributed by atoms with Crippen LogP contribution < -0.4 is 5.32 Å². The predicted octanol–water partition coefficient (Wildman–Crippen LogP) is 3.18. The van der Waals surface area contributed by atoms with Crippen LogP contribution in [0.4, 0.5) is 8.78 Å². The molecule has 1 aliphatic rings. The molecule has 2 aromatic carbocycles. The third-order valence-electron chi connectivity index (χ3n) is 5.80. The van der Waals surface area contributed by atoms with Crippen LogP contribution in [0, 0.1) is 21.7 Å². The highest BCUT2D eigenvalue weighted by Crippen LogP contribution is 2.33. The van der Waals surface area contributed by atoms with E-state index in [0.717, 1.165) is 5.56 Å². The van der Waals surface area contributed by atoms with Crippen molar-refractivity contribution in [2.24, 2.45) is 5.10 Å². The Morgan fingerprint density at radius 1 is 1.15 bits per heavy atom. The predicted molar refractivity (Wildman–Crippen MR) is 138 cm³/mol. The number of nitrogens with one attached hydrogen (secondary N) is 1. The molecule has 1 saturated heterocycles. The van der Waals surface area contributed by atoms with Crippen molar-refractivity contribution in [2.75, 3.05) is 13.1 Å². The molecule has 202 valence electrons. The van der Waals surface area contributed by atoms with Gasteiger partial charge in [0.25, 0.3) is 5.96 Å². The monoisotopic (exact) mass is 556 g/mol. The Kier molecular flexibility index (Phi) is 8.74. The number of aliphatic hydroxyl groups is 1. The van der Waals surface area contributed by atoms with Crippen molar-refractivity contribution in [2.45, 2.75) is 18.7 Å². The van der Waals surface area contributed by atoms with Crippen LogP contribution in [0.2, 0.25) is 5.15 Å². The number of benzene rings is 2. The van der Waals surface area contributed by atoms with Crippen molar-refractivity contribution < 1.29 is 18.9 Å². The lowest BCUT2D eigenvalue weighted by Crippen LogP contribution is -2.34. The first-order valence-corrected chi connectivity index (χ1v) is 12.0. The van der Waals surface area contributed by atoms with E-state index >= 15 is 0 Å². The Morgan fingerprint density at radius 2 is 1.92 bits per heavy atom. The maximum Gasteiger partial charge on any atom is 0.271 e. The highest BCUT2D eigenvalue weighted by atomic mass is 35.5. The van der Waals surface area contributed by atoms with Gasteiger partial charge in [0.1, 0.15) is 40.1 Å². The summed E-state index contributed by atoms with van der Waals surface area (Å²) in [6, 6.07) is 14.8. The second-order valence-corrected chi connectivity index (χ2v) is 8.83. The van der Waals surface area contributed by atoms with Crippen molar-refractivity contribution in [3.05, 3.63) is 123 Å². The number of hydrogen-bond donors (Lipinski definition) is 2. The Balaban J connectivity index is 0.000000187. The zero-order chi connectivity index (χ0) is 27.8. The first kappa shape index (κ1) is 27.5. The second kappa shape index (κ2) is 12.4. The maximum atomic E-state index is 14.2. The van der Waals surface area contributed by atoms with E-state index in [2.05, 4.69) is 25.5 Å². The van der Waals surface area contributed by atoms with Gasteiger partial charge in [0.15, 0.2) is 5.03 Å². The molecule has 0 aliphatic carbocycles. The third kappa shape index (κ3) is 7.09. The van der Waals surface area contributed by atoms with Gasteiger partial charge in [0.05, 0.1) is 6.54 Å². The zero-order valence-electron chi connectivity index (χ0n) is 20.4. The number of hydrazone groups is 1. The van der Waals surface area contributed by atoms with Crippen LogP contribution >= 0.6 is 11.6 Å². The summed E-state index contributed by atoms with van der Waals surface area (Å²) in [4.78, 5) is 19.9. The van der Waals surface area contributed by atoms with Crippen LogP contribution in [0.5, 0.6) is 0 Å². The van der Waals surface area contributed by atoms with E-state index in [-0.39, 0.29) is 18.1 Å². The van der Waals surface area contributed by atoms with Gasteiger partial charge < -0.3 is 15.3 Å². The Bertz CT molecular complexity index is 1420. The Morgan fingerprint density at radius 3 is 2.56 bits per heavy atom. The largest absolute Gasteiger partial charge is 0.378 e. The molecule has 5 rings (SSSR count). The van der Waals surface area contributed by atoms with Crippen molar-refractivity contribution in [3.8, 4) is 0 Å². The molecule has 1 aliphatic heterocycles. The van der Waals surface area contributed by atoms with Crippen LogP contribution in [0.3, 0.4) is 0 Å². The molecule has 11 nitrogen and oxygen atoms in total. The summed E-state index contributed by atoms with van der Waals surface area (Å²) in [5.74, 6) is -0.695. The average molecular weight is 557 g/mol. The number of hydrogen-bond acceptors (Lipinski definition) is 6. The molecular weight excluding hydrogens is 534 g/mol. The van der Waals surface area contributed by atoms with Crippen molar-refractivity contribution in [3.63, 3.8) is 0 Å². The van der Waals surface area contributed by atoms with Crippen molar-refractivity contribution in [1.82, 2.24) is 30.0 Å². The van der Waals surface area contributed by atoms with Gasteiger partial charge >= 0.3 is 0 Å². The number of nitro groups is 1. The van der Waals surface area contributed by atoms with Crippen LogP contribution in [-0.4, -0.2) is 53.8 Å². The summed E-state index contributed by atoms with van der Waals surface area (Å²) in [6.07, 6.45) is 4.40. The summed E-state index contributed by atoms with van der Waals surface area (Å²) < 4.78 is 28.7. The molecule has 0 spiro atoms. The minimum Gasteiger partial charge on any atom is -0.378 e. The number of pyridine rings is 1. The number of nitrogens with zero attached hydrogens (tertiary/aromatic N) is 7.